The third-order valence-electron chi connectivity index (χ3n) is 3.69. The fourth-order valence-electron chi connectivity index (χ4n) is 2.26. The molecule has 118 valence electrons. The van der Waals surface area contributed by atoms with Crippen molar-refractivity contribution in [2.75, 3.05) is 11.4 Å². The third kappa shape index (κ3) is 3.22. The summed E-state index contributed by atoms with van der Waals surface area (Å²) in [6, 6.07) is 6.96. The Labute approximate surface area is 133 Å². The van der Waals surface area contributed by atoms with E-state index in [1.807, 2.05) is 0 Å². The molecule has 0 aliphatic carbocycles. The molecular weight excluding hydrogens is 306 g/mol. The van der Waals surface area contributed by atoms with Gasteiger partial charge in [-0.1, -0.05) is 23.7 Å². The molecule has 0 radical (unpaired) electrons. The molecule has 0 saturated carbocycles. The van der Waals surface area contributed by atoms with Gasteiger partial charge in [0.15, 0.2) is 0 Å². The highest BCUT2D eigenvalue weighted by atomic mass is 35.5. The zero-order valence-electron chi connectivity index (χ0n) is 12.4. The number of amides is 3. The average molecular weight is 324 g/mol. The van der Waals surface area contributed by atoms with Crippen LogP contribution in [0.5, 0.6) is 0 Å². The van der Waals surface area contributed by atoms with Gasteiger partial charge in [0, 0.05) is 13.0 Å². The maximum Gasteiger partial charge on any atom is 0.242 e. The molecule has 0 bridgehead atoms. The van der Waals surface area contributed by atoms with Crippen LogP contribution in [0.2, 0.25) is 5.02 Å². The number of carbonyl (C=O) groups excluding carboxylic acids is 3. The van der Waals surface area contributed by atoms with Gasteiger partial charge in [-0.05, 0) is 26.0 Å². The highest BCUT2D eigenvalue weighted by molar-refractivity contribution is 6.33. The molecule has 7 heteroatoms. The standard InChI is InChI=1S/C15H18ClN3O3/c1-15(2,14(17)22)18-13(21)9-7-12(20)19(8-9)11-6-4-3-5-10(11)16/h3-6,9H,7-8H2,1-2H3,(H2,17,22)(H,18,21). The van der Waals surface area contributed by atoms with Crippen molar-refractivity contribution < 1.29 is 14.4 Å². The van der Waals surface area contributed by atoms with E-state index < -0.39 is 17.4 Å². The van der Waals surface area contributed by atoms with E-state index in [0.29, 0.717) is 10.7 Å². The molecule has 1 aliphatic heterocycles. The van der Waals surface area contributed by atoms with Crippen molar-refractivity contribution in [3.05, 3.63) is 29.3 Å². The van der Waals surface area contributed by atoms with E-state index in [1.54, 1.807) is 24.3 Å². The molecule has 0 spiro atoms. The lowest BCUT2D eigenvalue weighted by Gasteiger charge is -2.24. The molecule has 0 aromatic heterocycles. The second kappa shape index (κ2) is 5.96. The van der Waals surface area contributed by atoms with E-state index in [1.165, 1.54) is 18.7 Å². The number of rotatable bonds is 4. The van der Waals surface area contributed by atoms with Gasteiger partial charge in [0.1, 0.15) is 5.54 Å². The van der Waals surface area contributed by atoms with Gasteiger partial charge in [0.25, 0.3) is 0 Å². The normalized spacial score (nSPS) is 18.4. The zero-order valence-corrected chi connectivity index (χ0v) is 13.2. The summed E-state index contributed by atoms with van der Waals surface area (Å²) < 4.78 is 0. The molecular formula is C15H18ClN3O3. The van der Waals surface area contributed by atoms with E-state index in [0.717, 1.165) is 0 Å². The number of halogens is 1. The molecule has 3 amide bonds. The predicted molar refractivity (Wildman–Crippen MR) is 83.3 cm³/mol. The van der Waals surface area contributed by atoms with Crippen molar-refractivity contribution in [1.29, 1.82) is 0 Å². The first-order valence-corrected chi connectivity index (χ1v) is 7.27. The van der Waals surface area contributed by atoms with Crippen molar-refractivity contribution in [2.45, 2.75) is 25.8 Å². The van der Waals surface area contributed by atoms with Crippen LogP contribution in [0.15, 0.2) is 24.3 Å². The number of nitrogens with two attached hydrogens (primary N) is 1. The van der Waals surface area contributed by atoms with Gasteiger partial charge in [0.05, 0.1) is 16.6 Å². The van der Waals surface area contributed by atoms with Crippen LogP contribution in [0.25, 0.3) is 0 Å². The number of primary amides is 1. The summed E-state index contributed by atoms with van der Waals surface area (Å²) in [7, 11) is 0. The van der Waals surface area contributed by atoms with Crippen molar-refractivity contribution in [2.24, 2.45) is 11.7 Å². The van der Waals surface area contributed by atoms with Gasteiger partial charge in [-0.3, -0.25) is 14.4 Å². The Hall–Kier alpha value is -2.08. The summed E-state index contributed by atoms with van der Waals surface area (Å²) in [6.45, 7) is 3.27. The topological polar surface area (TPSA) is 92.5 Å². The molecule has 6 nitrogen and oxygen atoms in total. The van der Waals surface area contributed by atoms with Gasteiger partial charge in [-0.25, -0.2) is 0 Å². The van der Waals surface area contributed by atoms with Crippen LogP contribution < -0.4 is 16.0 Å². The second-order valence-corrected chi connectivity index (χ2v) is 6.24. The molecule has 1 aromatic rings. The first-order chi connectivity index (χ1) is 10.2. The van der Waals surface area contributed by atoms with Crippen LogP contribution in [-0.2, 0) is 14.4 Å². The number of benzene rings is 1. The lowest BCUT2D eigenvalue weighted by Crippen LogP contribution is -2.54. The van der Waals surface area contributed by atoms with Crippen LogP contribution in [0.4, 0.5) is 5.69 Å². The summed E-state index contributed by atoms with van der Waals surface area (Å²) in [5.74, 6) is -1.72. The number of hydrogen-bond acceptors (Lipinski definition) is 3. The van der Waals surface area contributed by atoms with Crippen molar-refractivity contribution in [3.8, 4) is 0 Å². The Morgan fingerprint density at radius 1 is 1.36 bits per heavy atom. The molecule has 1 saturated heterocycles. The highest BCUT2D eigenvalue weighted by Crippen LogP contribution is 2.31. The van der Waals surface area contributed by atoms with E-state index >= 15 is 0 Å². The van der Waals surface area contributed by atoms with Crippen molar-refractivity contribution >= 4 is 35.0 Å². The third-order valence-corrected chi connectivity index (χ3v) is 4.01. The molecule has 3 N–H and O–H groups in total. The van der Waals surface area contributed by atoms with Gasteiger partial charge in [-0.15, -0.1) is 0 Å². The van der Waals surface area contributed by atoms with Crippen molar-refractivity contribution in [1.82, 2.24) is 5.32 Å². The predicted octanol–water partition coefficient (Wildman–Crippen LogP) is 1.07. The Morgan fingerprint density at radius 3 is 2.59 bits per heavy atom. The van der Waals surface area contributed by atoms with E-state index in [9.17, 15) is 14.4 Å². The minimum atomic E-state index is -1.15. The van der Waals surface area contributed by atoms with Crippen LogP contribution in [-0.4, -0.2) is 29.8 Å². The summed E-state index contributed by atoms with van der Waals surface area (Å²) >= 11 is 6.09. The molecule has 1 heterocycles. The van der Waals surface area contributed by atoms with Crippen molar-refractivity contribution in [3.63, 3.8) is 0 Å². The van der Waals surface area contributed by atoms with Crippen LogP contribution >= 0.6 is 11.6 Å². The van der Waals surface area contributed by atoms with Gasteiger partial charge >= 0.3 is 0 Å². The molecule has 2 rings (SSSR count). The zero-order chi connectivity index (χ0) is 16.5. The Morgan fingerprint density at radius 2 is 2.00 bits per heavy atom. The minimum Gasteiger partial charge on any atom is -0.368 e. The number of para-hydroxylation sites is 1. The molecule has 1 aliphatic rings. The summed E-state index contributed by atoms with van der Waals surface area (Å²) in [5.41, 5.74) is 4.66. The minimum absolute atomic E-state index is 0.0753. The number of carbonyl (C=O) groups is 3. The molecule has 1 atom stereocenters. The monoisotopic (exact) mass is 323 g/mol. The molecule has 1 aromatic carbocycles. The molecule has 1 unspecified atom stereocenters. The van der Waals surface area contributed by atoms with Crippen LogP contribution in [0.3, 0.4) is 0 Å². The maximum absolute atomic E-state index is 12.2. The molecule has 1 fully saturated rings. The number of hydrogen-bond donors (Lipinski definition) is 2. The largest absolute Gasteiger partial charge is 0.368 e. The smallest absolute Gasteiger partial charge is 0.242 e. The van der Waals surface area contributed by atoms with E-state index in [-0.39, 0.29) is 24.8 Å². The Balaban J connectivity index is 2.11. The second-order valence-electron chi connectivity index (χ2n) is 5.84. The van der Waals surface area contributed by atoms with E-state index in [4.69, 9.17) is 17.3 Å². The fourth-order valence-corrected chi connectivity index (χ4v) is 2.50. The first kappa shape index (κ1) is 16.3. The number of nitrogens with zero attached hydrogens (tertiary/aromatic N) is 1. The first-order valence-electron chi connectivity index (χ1n) is 6.89. The lowest BCUT2D eigenvalue weighted by molar-refractivity contribution is -0.132. The maximum atomic E-state index is 12.2. The fraction of sp³-hybridized carbons (Fsp3) is 0.400. The summed E-state index contributed by atoms with van der Waals surface area (Å²) in [5, 5.41) is 3.03. The highest BCUT2D eigenvalue weighted by Gasteiger charge is 2.38. The van der Waals surface area contributed by atoms with Gasteiger partial charge in [0.2, 0.25) is 17.7 Å². The number of anilines is 1. The summed E-state index contributed by atoms with van der Waals surface area (Å²) in [6.07, 6.45) is 0.0753. The quantitative estimate of drug-likeness (QED) is 0.868. The number of nitrogens with one attached hydrogen (secondary N) is 1. The van der Waals surface area contributed by atoms with E-state index in [2.05, 4.69) is 5.32 Å². The Bertz CT molecular complexity index is 630. The van der Waals surface area contributed by atoms with Gasteiger partial charge in [-0.2, -0.15) is 0 Å². The summed E-state index contributed by atoms with van der Waals surface area (Å²) in [4.78, 5) is 37.1. The van der Waals surface area contributed by atoms with Gasteiger partial charge < -0.3 is 16.0 Å². The average Bonchev–Trinajstić information content (AvgIpc) is 2.81. The molecule has 22 heavy (non-hydrogen) atoms. The lowest BCUT2D eigenvalue weighted by atomic mass is 10.0. The Kier molecular flexibility index (Phi) is 4.42. The van der Waals surface area contributed by atoms with Crippen LogP contribution in [0.1, 0.15) is 20.3 Å². The SMILES string of the molecule is CC(C)(NC(=O)C1CC(=O)N(c2ccccc2Cl)C1)C(N)=O. The van der Waals surface area contributed by atoms with Crippen LogP contribution in [0, 0.1) is 5.92 Å².